The zero-order chi connectivity index (χ0) is 28.6. The predicted molar refractivity (Wildman–Crippen MR) is 146 cm³/mol. The number of halogens is 1. The third-order valence-electron chi connectivity index (χ3n) is 5.57. The molecular formula is C26H37ClN4O6S. The number of hydrogen-bond acceptors (Lipinski definition) is 7. The topological polar surface area (TPSA) is 136 Å². The van der Waals surface area contributed by atoms with Crippen molar-refractivity contribution in [3.8, 4) is 0 Å². The number of pyridine rings is 1. The van der Waals surface area contributed by atoms with Gasteiger partial charge in [0.25, 0.3) is 0 Å². The predicted octanol–water partition coefficient (Wildman–Crippen LogP) is 5.36. The monoisotopic (exact) mass is 568 g/mol. The van der Waals surface area contributed by atoms with Gasteiger partial charge >= 0.3 is 12.2 Å². The van der Waals surface area contributed by atoms with Crippen LogP contribution in [0, 0.1) is 5.92 Å². The van der Waals surface area contributed by atoms with Crippen molar-refractivity contribution < 1.29 is 27.5 Å². The molecular weight excluding hydrogens is 532 g/mol. The molecule has 1 aromatic carbocycles. The van der Waals surface area contributed by atoms with E-state index >= 15 is 0 Å². The van der Waals surface area contributed by atoms with E-state index in [-0.39, 0.29) is 28.9 Å². The van der Waals surface area contributed by atoms with Gasteiger partial charge in [0.1, 0.15) is 16.4 Å². The largest absolute Gasteiger partial charge is 0.444 e. The molecule has 1 aliphatic rings. The Morgan fingerprint density at radius 2 is 1.55 bits per heavy atom. The summed E-state index contributed by atoms with van der Waals surface area (Å²) in [7, 11) is -3.96. The van der Waals surface area contributed by atoms with E-state index < -0.39 is 45.5 Å². The van der Waals surface area contributed by atoms with Crippen molar-refractivity contribution in [2.45, 2.75) is 90.0 Å². The van der Waals surface area contributed by atoms with Gasteiger partial charge in [-0.3, -0.25) is 0 Å². The Balaban J connectivity index is 2.17. The first-order chi connectivity index (χ1) is 17.4. The smallest absolute Gasteiger partial charge is 0.408 e. The number of hydrogen-bond donors (Lipinski definition) is 3. The first-order valence-corrected chi connectivity index (χ1v) is 14.3. The van der Waals surface area contributed by atoms with Gasteiger partial charge in [-0.15, -0.1) is 0 Å². The fraction of sp³-hybridized carbons (Fsp3) is 0.577. The fourth-order valence-corrected chi connectivity index (χ4v) is 5.81. The van der Waals surface area contributed by atoms with Gasteiger partial charge in [-0.05, 0) is 77.1 Å². The number of carbonyl (C=O) groups excluding carboxylic acids is 2. The molecule has 2 amide bonds. The number of aromatic nitrogens is 1. The van der Waals surface area contributed by atoms with Crippen molar-refractivity contribution in [1.29, 1.82) is 0 Å². The van der Waals surface area contributed by atoms with Gasteiger partial charge in [-0.2, -0.15) is 0 Å². The molecule has 0 radical (unpaired) electrons. The van der Waals surface area contributed by atoms with E-state index in [4.69, 9.17) is 21.1 Å². The minimum absolute atomic E-state index is 0.00473. The van der Waals surface area contributed by atoms with Gasteiger partial charge in [0.15, 0.2) is 0 Å². The van der Waals surface area contributed by atoms with Crippen molar-refractivity contribution >= 4 is 44.6 Å². The molecule has 0 unspecified atom stereocenters. The summed E-state index contributed by atoms with van der Waals surface area (Å²) >= 11 is 6.18. The van der Waals surface area contributed by atoms with Crippen molar-refractivity contribution in [2.75, 3.05) is 6.54 Å². The fourth-order valence-electron chi connectivity index (χ4n) is 4.20. The second-order valence-corrected chi connectivity index (χ2v) is 13.9. The molecule has 0 saturated heterocycles. The number of nitrogens with zero attached hydrogens (tertiary/aromatic N) is 1. The van der Waals surface area contributed by atoms with Crippen LogP contribution in [0.1, 0.15) is 85.0 Å². The average molecular weight is 569 g/mol. The molecule has 1 aliphatic carbocycles. The van der Waals surface area contributed by atoms with Crippen LogP contribution >= 0.6 is 11.6 Å². The van der Waals surface area contributed by atoms with E-state index in [1.54, 1.807) is 41.5 Å². The first-order valence-electron chi connectivity index (χ1n) is 12.5. The Bertz CT molecular complexity index is 1330. The molecule has 0 aliphatic heterocycles. The van der Waals surface area contributed by atoms with E-state index in [0.717, 1.165) is 0 Å². The molecule has 3 rings (SSSR count). The first kappa shape index (κ1) is 29.9. The molecule has 0 saturated carbocycles. The van der Waals surface area contributed by atoms with Crippen LogP contribution in [0.2, 0.25) is 5.15 Å². The lowest BCUT2D eigenvalue weighted by Gasteiger charge is -2.23. The van der Waals surface area contributed by atoms with Crippen LogP contribution < -0.4 is 15.4 Å². The van der Waals surface area contributed by atoms with Crippen LogP contribution in [0.15, 0.2) is 23.2 Å². The lowest BCUT2D eigenvalue weighted by molar-refractivity contribution is 0.0492. The molecule has 38 heavy (non-hydrogen) atoms. The molecule has 2 aromatic rings. The molecule has 10 nitrogen and oxygen atoms in total. The number of benzene rings is 1. The number of ether oxygens (including phenoxy) is 2. The number of fused-ring (bicyclic) bond motifs is 3. The lowest BCUT2D eigenvalue weighted by atomic mass is 10.00. The number of nitrogens with one attached hydrogen (secondary N) is 3. The summed E-state index contributed by atoms with van der Waals surface area (Å²) in [6.45, 7) is 14.5. The van der Waals surface area contributed by atoms with Gasteiger partial charge in [0, 0.05) is 23.5 Å². The van der Waals surface area contributed by atoms with E-state index in [1.807, 2.05) is 13.8 Å². The summed E-state index contributed by atoms with van der Waals surface area (Å²) < 4.78 is 40.4. The third kappa shape index (κ3) is 7.48. The Morgan fingerprint density at radius 1 is 1.00 bits per heavy atom. The van der Waals surface area contributed by atoms with Crippen molar-refractivity contribution in [3.63, 3.8) is 0 Å². The van der Waals surface area contributed by atoms with Gasteiger partial charge in [0.05, 0.1) is 17.0 Å². The highest BCUT2D eigenvalue weighted by Crippen LogP contribution is 2.45. The van der Waals surface area contributed by atoms with Crippen LogP contribution in [0.25, 0.3) is 10.8 Å². The third-order valence-corrected chi connectivity index (χ3v) is 7.24. The highest BCUT2D eigenvalue weighted by Gasteiger charge is 2.38. The van der Waals surface area contributed by atoms with Crippen LogP contribution in [-0.2, 0) is 19.5 Å². The van der Waals surface area contributed by atoms with Gasteiger partial charge in [0.2, 0.25) is 10.0 Å². The molecule has 2 atom stereocenters. The van der Waals surface area contributed by atoms with E-state index in [2.05, 4.69) is 20.3 Å². The summed E-state index contributed by atoms with van der Waals surface area (Å²) in [5, 5.41) is 6.67. The highest BCUT2D eigenvalue weighted by molar-refractivity contribution is 7.89. The Kier molecular flexibility index (Phi) is 8.55. The highest BCUT2D eigenvalue weighted by atomic mass is 35.5. The maximum Gasteiger partial charge on any atom is 0.408 e. The van der Waals surface area contributed by atoms with E-state index in [9.17, 15) is 18.0 Å². The number of amides is 2. The summed E-state index contributed by atoms with van der Waals surface area (Å²) in [4.78, 5) is 29.6. The second-order valence-electron chi connectivity index (χ2n) is 11.8. The minimum atomic E-state index is -3.96. The molecule has 210 valence electrons. The van der Waals surface area contributed by atoms with Gasteiger partial charge < -0.3 is 20.1 Å². The quantitative estimate of drug-likeness (QED) is 0.399. The minimum Gasteiger partial charge on any atom is -0.444 e. The maximum atomic E-state index is 13.4. The molecule has 0 bridgehead atoms. The number of carbonyl (C=O) groups is 2. The standard InChI is InChI=1S/C26H37ClN4O6S/c1-14(2)12-29-38(34,35)20-9-16-18(30-23(32)36-25(3,4)5)11-19(31-24(33)37-26(6,7)8)22(16)17-13-28-21(27)10-15(17)20/h9-10,13-14,18-19,29H,11-12H2,1-8H3,(H,30,32)(H,31,33)/t18-,19+/m1/s1. The molecule has 0 fully saturated rings. The van der Waals surface area contributed by atoms with Crippen molar-refractivity contribution in [1.82, 2.24) is 20.3 Å². The van der Waals surface area contributed by atoms with Crippen molar-refractivity contribution in [3.05, 3.63) is 34.6 Å². The van der Waals surface area contributed by atoms with Gasteiger partial charge in [-0.1, -0.05) is 25.4 Å². The van der Waals surface area contributed by atoms with Crippen LogP contribution in [-0.4, -0.2) is 43.3 Å². The lowest BCUT2D eigenvalue weighted by Crippen LogP contribution is -2.36. The molecule has 1 heterocycles. The van der Waals surface area contributed by atoms with Crippen LogP contribution in [0.4, 0.5) is 9.59 Å². The zero-order valence-corrected chi connectivity index (χ0v) is 24.6. The summed E-state index contributed by atoms with van der Waals surface area (Å²) in [6.07, 6.45) is 0.422. The molecule has 0 spiro atoms. The van der Waals surface area contributed by atoms with E-state index in [0.29, 0.717) is 21.9 Å². The summed E-state index contributed by atoms with van der Waals surface area (Å²) in [5.41, 5.74) is -0.312. The Labute approximate surface area is 229 Å². The van der Waals surface area contributed by atoms with E-state index in [1.165, 1.54) is 18.3 Å². The van der Waals surface area contributed by atoms with Gasteiger partial charge in [-0.25, -0.2) is 27.7 Å². The molecule has 12 heteroatoms. The average Bonchev–Trinajstić information content (AvgIpc) is 3.05. The summed E-state index contributed by atoms with van der Waals surface area (Å²) in [6, 6.07) is 1.75. The van der Waals surface area contributed by atoms with Crippen LogP contribution in [0.3, 0.4) is 0 Å². The SMILES string of the molecule is CC(C)CNS(=O)(=O)c1cc2c(c3cnc(Cl)cc13)[C@@H](NC(=O)OC(C)(C)C)C[C@H]2NC(=O)OC(C)(C)C. The molecule has 3 N–H and O–H groups in total. The maximum absolute atomic E-state index is 13.4. The zero-order valence-electron chi connectivity index (χ0n) is 23.1. The second kappa shape index (κ2) is 10.9. The molecule has 1 aromatic heterocycles. The number of rotatable bonds is 6. The number of alkyl carbamates (subject to hydrolysis) is 2. The Hall–Kier alpha value is -2.63. The van der Waals surface area contributed by atoms with Crippen LogP contribution in [0.5, 0.6) is 0 Å². The summed E-state index contributed by atoms with van der Waals surface area (Å²) in [5.74, 6) is 0.0831. The Morgan fingerprint density at radius 3 is 2.08 bits per heavy atom. The number of sulfonamides is 1. The van der Waals surface area contributed by atoms with Crippen molar-refractivity contribution in [2.24, 2.45) is 5.92 Å². The normalized spacial score (nSPS) is 17.8.